The molecule has 7 heteroatoms. The van der Waals surface area contributed by atoms with Crippen LogP contribution in [0.2, 0.25) is 0 Å². The van der Waals surface area contributed by atoms with Gasteiger partial charge in [-0.25, -0.2) is 4.79 Å². The Balaban J connectivity index is 2.04. The van der Waals surface area contributed by atoms with E-state index in [1.165, 1.54) is 49.3 Å². The summed E-state index contributed by atoms with van der Waals surface area (Å²) in [6.07, 6.45) is 3.61. The molecule has 1 N–H and O–H groups in total. The fourth-order valence-electron chi connectivity index (χ4n) is 3.42. The molecule has 184 valence electrons. The first kappa shape index (κ1) is 27.4. The molecule has 4 nitrogen and oxygen atoms in total. The van der Waals surface area contributed by atoms with Crippen LogP contribution in [0.5, 0.6) is 0 Å². The number of carboxylic acids is 1. The number of carbonyl (C=O) groups is 1. The predicted molar refractivity (Wildman–Crippen MR) is 126 cm³/mol. The van der Waals surface area contributed by atoms with E-state index < -0.39 is 24.3 Å². The van der Waals surface area contributed by atoms with Crippen LogP contribution in [-0.2, 0) is 28.9 Å². The molecule has 0 aliphatic heterocycles. The number of unbranched alkanes of at least 4 members (excludes halogenated alkanes) is 6. The van der Waals surface area contributed by atoms with Crippen molar-refractivity contribution in [3.63, 3.8) is 0 Å². The monoisotopic (exact) mass is 475 g/mol. The molecular weight excluding hydrogens is 443 g/mol. The molecule has 0 saturated heterocycles. The number of carboxylic acid groups (broad SMARTS) is 1. The normalized spacial score (nSPS) is 11.3. The minimum Gasteiger partial charge on any atom is -0.479 e. The Kier molecular flexibility index (Phi) is 11.7. The molecule has 2 aromatic carbocycles. The molecule has 2 rings (SSSR count). The highest BCUT2D eigenvalue weighted by Crippen LogP contribution is 2.29. The minimum absolute atomic E-state index is 0.130. The highest BCUT2D eigenvalue weighted by atomic mass is 19.4. The van der Waals surface area contributed by atoms with E-state index in [0.29, 0.717) is 5.56 Å². The second-order valence-electron chi connectivity index (χ2n) is 8.14. The van der Waals surface area contributed by atoms with Crippen molar-refractivity contribution >= 4 is 5.97 Å². The van der Waals surface area contributed by atoms with Gasteiger partial charge in [-0.05, 0) is 35.7 Å². The van der Waals surface area contributed by atoms with E-state index in [1.54, 1.807) is 0 Å². The SMILES string of the molecule is CCCCCCCCC#Cc1ccccc1CN(Cc1ccc(C(F)(F)F)cc1)OCC(=O)O. The molecule has 0 aliphatic carbocycles. The van der Waals surface area contributed by atoms with Gasteiger partial charge in [-0.2, -0.15) is 18.2 Å². The first-order chi connectivity index (χ1) is 16.3. The third kappa shape index (κ3) is 10.4. The zero-order valence-corrected chi connectivity index (χ0v) is 19.5. The summed E-state index contributed by atoms with van der Waals surface area (Å²) in [5.41, 5.74) is 1.52. The summed E-state index contributed by atoms with van der Waals surface area (Å²) in [6.45, 7) is 2.02. The van der Waals surface area contributed by atoms with Gasteiger partial charge in [0, 0.05) is 18.5 Å². The Morgan fingerprint density at radius 2 is 1.65 bits per heavy atom. The highest BCUT2D eigenvalue weighted by molar-refractivity contribution is 5.67. The number of aliphatic carboxylic acids is 1. The molecule has 0 aliphatic rings. The van der Waals surface area contributed by atoms with Gasteiger partial charge in [-0.15, -0.1) is 0 Å². The van der Waals surface area contributed by atoms with E-state index in [4.69, 9.17) is 9.94 Å². The van der Waals surface area contributed by atoms with Crippen LogP contribution < -0.4 is 0 Å². The second-order valence-corrected chi connectivity index (χ2v) is 8.14. The molecule has 0 radical (unpaired) electrons. The van der Waals surface area contributed by atoms with Gasteiger partial charge in [-0.1, -0.05) is 81.2 Å². The average Bonchev–Trinajstić information content (AvgIpc) is 2.80. The van der Waals surface area contributed by atoms with Gasteiger partial charge in [0.05, 0.1) is 12.1 Å². The molecular formula is C27H32F3NO3. The Morgan fingerprint density at radius 1 is 0.971 bits per heavy atom. The maximum Gasteiger partial charge on any atom is 0.416 e. The lowest BCUT2D eigenvalue weighted by atomic mass is 10.1. The Bertz CT molecular complexity index is 946. The van der Waals surface area contributed by atoms with Gasteiger partial charge in [0.1, 0.15) is 0 Å². The molecule has 0 fully saturated rings. The van der Waals surface area contributed by atoms with Crippen molar-refractivity contribution in [3.05, 3.63) is 70.8 Å². The molecule has 0 heterocycles. The zero-order valence-electron chi connectivity index (χ0n) is 19.5. The van der Waals surface area contributed by atoms with Crippen LogP contribution in [0.15, 0.2) is 48.5 Å². The van der Waals surface area contributed by atoms with Crippen molar-refractivity contribution in [2.24, 2.45) is 0 Å². The van der Waals surface area contributed by atoms with Crippen LogP contribution in [0.4, 0.5) is 13.2 Å². The van der Waals surface area contributed by atoms with Crippen molar-refractivity contribution in [2.45, 2.75) is 71.1 Å². The number of hydroxylamine groups is 2. The summed E-state index contributed by atoms with van der Waals surface area (Å²) in [5.74, 6) is 5.28. The van der Waals surface area contributed by atoms with Crippen LogP contribution in [0.1, 0.15) is 74.1 Å². The van der Waals surface area contributed by atoms with Gasteiger partial charge in [0.15, 0.2) is 6.61 Å². The minimum atomic E-state index is -4.41. The van der Waals surface area contributed by atoms with E-state index in [1.807, 2.05) is 24.3 Å². The number of rotatable bonds is 13. The Morgan fingerprint density at radius 3 is 2.32 bits per heavy atom. The number of benzene rings is 2. The van der Waals surface area contributed by atoms with E-state index in [0.717, 1.165) is 36.1 Å². The van der Waals surface area contributed by atoms with E-state index in [-0.39, 0.29) is 13.1 Å². The summed E-state index contributed by atoms with van der Waals surface area (Å²) in [6, 6.07) is 12.3. The van der Waals surface area contributed by atoms with Crippen molar-refractivity contribution in [3.8, 4) is 11.8 Å². The van der Waals surface area contributed by atoms with E-state index in [2.05, 4.69) is 18.8 Å². The lowest BCUT2D eigenvalue weighted by Crippen LogP contribution is -2.26. The number of hydrogen-bond donors (Lipinski definition) is 1. The average molecular weight is 476 g/mol. The largest absolute Gasteiger partial charge is 0.479 e. The maximum absolute atomic E-state index is 12.8. The second kappa shape index (κ2) is 14.4. The first-order valence-corrected chi connectivity index (χ1v) is 11.6. The summed E-state index contributed by atoms with van der Waals surface area (Å²) in [4.78, 5) is 16.4. The molecule has 0 atom stereocenters. The maximum atomic E-state index is 12.8. The number of alkyl halides is 3. The van der Waals surface area contributed by atoms with Gasteiger partial charge in [-0.3, -0.25) is 4.84 Å². The summed E-state index contributed by atoms with van der Waals surface area (Å²) in [7, 11) is 0. The standard InChI is InChI=1S/C27H32F3NO3/c1-2-3-4-5-6-7-8-9-12-23-13-10-11-14-24(23)20-31(34-21-26(32)33)19-22-15-17-25(18-16-22)27(28,29)30/h10-11,13-18H,2-8,19-21H2,1H3,(H,32,33). The van der Waals surface area contributed by atoms with Crippen molar-refractivity contribution in [1.82, 2.24) is 5.06 Å². The van der Waals surface area contributed by atoms with Gasteiger partial charge in [0.25, 0.3) is 0 Å². The van der Waals surface area contributed by atoms with Crippen LogP contribution in [0, 0.1) is 11.8 Å². The Hall–Kier alpha value is -2.82. The quantitative estimate of drug-likeness (QED) is 0.196. The summed E-state index contributed by atoms with van der Waals surface area (Å²) in [5, 5.41) is 10.4. The fraction of sp³-hybridized carbons (Fsp3) is 0.444. The molecule has 0 saturated carbocycles. The molecule has 0 amide bonds. The predicted octanol–water partition coefficient (Wildman–Crippen LogP) is 6.83. The summed E-state index contributed by atoms with van der Waals surface area (Å²) < 4.78 is 38.5. The molecule has 0 unspecified atom stereocenters. The highest BCUT2D eigenvalue weighted by Gasteiger charge is 2.30. The van der Waals surface area contributed by atoms with Gasteiger partial charge < -0.3 is 5.11 Å². The number of hydrogen-bond acceptors (Lipinski definition) is 3. The van der Waals surface area contributed by atoms with Crippen LogP contribution in [0.3, 0.4) is 0 Å². The topological polar surface area (TPSA) is 49.8 Å². The first-order valence-electron chi connectivity index (χ1n) is 11.6. The third-order valence-electron chi connectivity index (χ3n) is 5.25. The lowest BCUT2D eigenvalue weighted by molar-refractivity contribution is -0.190. The molecule has 0 spiro atoms. The van der Waals surface area contributed by atoms with Crippen molar-refractivity contribution in [1.29, 1.82) is 0 Å². The molecule has 0 bridgehead atoms. The van der Waals surface area contributed by atoms with Crippen LogP contribution in [0.25, 0.3) is 0 Å². The molecule has 2 aromatic rings. The van der Waals surface area contributed by atoms with Crippen molar-refractivity contribution in [2.75, 3.05) is 6.61 Å². The van der Waals surface area contributed by atoms with Gasteiger partial charge in [0.2, 0.25) is 0 Å². The van der Waals surface area contributed by atoms with Crippen LogP contribution >= 0.6 is 0 Å². The van der Waals surface area contributed by atoms with Crippen molar-refractivity contribution < 1.29 is 27.9 Å². The molecule has 34 heavy (non-hydrogen) atoms. The lowest BCUT2D eigenvalue weighted by Gasteiger charge is -2.22. The van der Waals surface area contributed by atoms with E-state index >= 15 is 0 Å². The fourth-order valence-corrected chi connectivity index (χ4v) is 3.42. The van der Waals surface area contributed by atoms with Crippen LogP contribution in [-0.4, -0.2) is 22.7 Å². The third-order valence-corrected chi connectivity index (χ3v) is 5.25. The summed E-state index contributed by atoms with van der Waals surface area (Å²) >= 11 is 0. The zero-order chi connectivity index (χ0) is 24.8. The molecule has 0 aromatic heterocycles. The number of halogens is 3. The van der Waals surface area contributed by atoms with Gasteiger partial charge >= 0.3 is 12.1 Å². The smallest absolute Gasteiger partial charge is 0.416 e. The number of nitrogens with zero attached hydrogens (tertiary/aromatic N) is 1. The van der Waals surface area contributed by atoms with E-state index in [9.17, 15) is 18.0 Å². The Labute approximate surface area is 199 Å².